The minimum atomic E-state index is -2.93. The van der Waals surface area contributed by atoms with E-state index in [9.17, 15) is 8.42 Å². The smallest absolute Gasteiger partial charge is 0.191 e. The fraction of sp³-hybridized carbons (Fsp3) is 0.615. The largest absolute Gasteiger partial charge is 0.357 e. The van der Waals surface area contributed by atoms with Crippen LogP contribution in [0.25, 0.3) is 0 Å². The Labute approximate surface area is 141 Å². The lowest BCUT2D eigenvalue weighted by molar-refractivity contribution is 0.598. The number of halogens is 2. The van der Waals surface area contributed by atoms with Crippen molar-refractivity contribution in [2.45, 2.75) is 19.9 Å². The third kappa shape index (κ3) is 6.46. The highest BCUT2D eigenvalue weighted by Gasteiger charge is 2.08. The lowest BCUT2D eigenvalue weighted by atomic mass is 10.4. The summed E-state index contributed by atoms with van der Waals surface area (Å²) in [5.74, 6) is 0.784. The molecular weight excluding hydrogens is 347 g/mol. The highest BCUT2D eigenvalue weighted by molar-refractivity contribution is 7.90. The van der Waals surface area contributed by atoms with Crippen molar-refractivity contribution in [3.63, 3.8) is 0 Å². The molecule has 0 unspecified atom stereocenters. The van der Waals surface area contributed by atoms with Crippen LogP contribution in [0.1, 0.15) is 19.0 Å². The molecule has 0 aliphatic heterocycles. The van der Waals surface area contributed by atoms with E-state index in [0.29, 0.717) is 42.2 Å². The average Bonchev–Trinajstić information content (AvgIpc) is 2.67. The van der Waals surface area contributed by atoms with Crippen molar-refractivity contribution in [3.8, 4) is 0 Å². The molecule has 0 saturated carbocycles. The Hall–Kier alpha value is -0.920. The number of aliphatic imine (C=N–C) groups is 1. The van der Waals surface area contributed by atoms with Gasteiger partial charge in [0.1, 0.15) is 15.0 Å². The first kappa shape index (κ1) is 19.1. The molecule has 0 saturated heterocycles. The Morgan fingerprint density at radius 1 is 1.36 bits per heavy atom. The fourth-order valence-corrected chi connectivity index (χ4v) is 2.87. The van der Waals surface area contributed by atoms with Crippen molar-refractivity contribution >= 4 is 39.0 Å². The Morgan fingerprint density at radius 3 is 2.55 bits per heavy atom. The molecule has 0 aliphatic rings. The molecule has 0 fully saturated rings. The molecule has 1 heterocycles. The number of hydrogen-bond donors (Lipinski definition) is 2. The summed E-state index contributed by atoms with van der Waals surface area (Å²) >= 11 is 12.0. The van der Waals surface area contributed by atoms with Gasteiger partial charge in [-0.25, -0.2) is 13.4 Å². The number of nitrogens with zero attached hydrogens (tertiary/aromatic N) is 2. The maximum atomic E-state index is 11.1. The van der Waals surface area contributed by atoms with Crippen LogP contribution in [-0.2, 0) is 23.4 Å². The first-order valence-electron chi connectivity index (χ1n) is 6.94. The molecule has 0 aromatic carbocycles. The Bertz CT molecular complexity index is 626. The summed E-state index contributed by atoms with van der Waals surface area (Å²) in [5, 5.41) is 7.19. The van der Waals surface area contributed by atoms with E-state index in [1.165, 1.54) is 6.26 Å². The Morgan fingerprint density at radius 2 is 2.05 bits per heavy atom. The van der Waals surface area contributed by atoms with Gasteiger partial charge in [0.15, 0.2) is 5.96 Å². The van der Waals surface area contributed by atoms with Crippen LogP contribution >= 0.6 is 23.2 Å². The van der Waals surface area contributed by atoms with E-state index in [4.69, 9.17) is 23.2 Å². The van der Waals surface area contributed by atoms with Crippen LogP contribution in [0.5, 0.6) is 0 Å². The topological polar surface area (TPSA) is 75.5 Å². The molecule has 0 aliphatic carbocycles. The minimum Gasteiger partial charge on any atom is -0.357 e. The van der Waals surface area contributed by atoms with E-state index in [1.54, 1.807) is 10.6 Å². The number of rotatable bonds is 7. The van der Waals surface area contributed by atoms with Gasteiger partial charge in [-0.2, -0.15) is 0 Å². The summed E-state index contributed by atoms with van der Waals surface area (Å²) in [6.07, 6.45) is 1.76. The van der Waals surface area contributed by atoms with Gasteiger partial charge in [-0.05, 0) is 19.4 Å². The monoisotopic (exact) mass is 368 g/mol. The molecule has 0 amide bonds. The highest BCUT2D eigenvalue weighted by atomic mass is 35.5. The summed E-state index contributed by atoms with van der Waals surface area (Å²) < 4.78 is 23.9. The lowest BCUT2D eigenvalue weighted by Gasteiger charge is -2.11. The van der Waals surface area contributed by atoms with Gasteiger partial charge in [-0.3, -0.25) is 0 Å². The van der Waals surface area contributed by atoms with Crippen molar-refractivity contribution in [1.82, 2.24) is 15.2 Å². The van der Waals surface area contributed by atoms with Gasteiger partial charge in [0.05, 0.1) is 17.3 Å². The molecule has 0 radical (unpaired) electrons. The molecular formula is C13H22Cl2N4O2S. The zero-order valence-corrected chi connectivity index (χ0v) is 15.3. The summed E-state index contributed by atoms with van der Waals surface area (Å²) in [6.45, 7) is 3.63. The van der Waals surface area contributed by atoms with E-state index < -0.39 is 9.84 Å². The molecule has 0 bridgehead atoms. The molecule has 6 nitrogen and oxygen atoms in total. The second-order valence-electron chi connectivity index (χ2n) is 4.94. The summed E-state index contributed by atoms with van der Waals surface area (Å²) in [5.41, 5.74) is 0.892. The standard InChI is InChI=1S/C13H22Cl2N4O2S/c1-4-16-13(17-6-5-7-22(3,20)21)18-9-10-8-11(14)12(15)19(10)2/h8H,4-7,9H2,1-3H3,(H2,16,17,18). The van der Waals surface area contributed by atoms with Crippen LogP contribution in [0, 0.1) is 0 Å². The number of nitrogens with one attached hydrogen (secondary N) is 2. The third-order valence-electron chi connectivity index (χ3n) is 2.94. The van der Waals surface area contributed by atoms with Gasteiger partial charge in [-0.1, -0.05) is 23.2 Å². The summed E-state index contributed by atoms with van der Waals surface area (Å²) in [4.78, 5) is 4.44. The minimum absolute atomic E-state index is 0.155. The molecule has 0 atom stereocenters. The normalized spacial score (nSPS) is 12.5. The van der Waals surface area contributed by atoms with E-state index in [-0.39, 0.29) is 5.75 Å². The van der Waals surface area contributed by atoms with E-state index >= 15 is 0 Å². The van der Waals surface area contributed by atoms with Crippen LogP contribution in [0.4, 0.5) is 0 Å². The van der Waals surface area contributed by atoms with E-state index in [0.717, 1.165) is 5.69 Å². The van der Waals surface area contributed by atoms with Crippen molar-refractivity contribution in [3.05, 3.63) is 21.9 Å². The quantitative estimate of drug-likeness (QED) is 0.437. The fourth-order valence-electron chi connectivity index (χ4n) is 1.78. The van der Waals surface area contributed by atoms with Gasteiger partial charge in [0, 0.05) is 32.1 Å². The molecule has 9 heteroatoms. The van der Waals surface area contributed by atoms with E-state index in [1.807, 2.05) is 14.0 Å². The predicted molar refractivity (Wildman–Crippen MR) is 92.6 cm³/mol. The summed E-state index contributed by atoms with van der Waals surface area (Å²) in [7, 11) is -1.11. The van der Waals surface area contributed by atoms with Gasteiger partial charge < -0.3 is 15.2 Å². The summed E-state index contributed by atoms with van der Waals surface area (Å²) in [6, 6.07) is 1.78. The Balaban J connectivity index is 2.60. The second-order valence-corrected chi connectivity index (χ2v) is 7.96. The molecule has 22 heavy (non-hydrogen) atoms. The molecule has 0 spiro atoms. The maximum Gasteiger partial charge on any atom is 0.191 e. The number of aromatic nitrogens is 1. The number of guanidine groups is 1. The molecule has 1 aromatic heterocycles. The van der Waals surface area contributed by atoms with Crippen LogP contribution in [-0.4, -0.2) is 44.0 Å². The van der Waals surface area contributed by atoms with Crippen molar-refractivity contribution < 1.29 is 8.42 Å². The van der Waals surface area contributed by atoms with Gasteiger partial charge >= 0.3 is 0 Å². The number of sulfone groups is 1. The van der Waals surface area contributed by atoms with Crippen molar-refractivity contribution in [1.29, 1.82) is 0 Å². The lowest BCUT2D eigenvalue weighted by Crippen LogP contribution is -2.38. The highest BCUT2D eigenvalue weighted by Crippen LogP contribution is 2.25. The first-order chi connectivity index (χ1) is 10.2. The average molecular weight is 369 g/mol. The molecule has 126 valence electrons. The van der Waals surface area contributed by atoms with Gasteiger partial charge in [-0.15, -0.1) is 0 Å². The molecule has 2 N–H and O–H groups in total. The molecule has 1 rings (SSSR count). The zero-order chi connectivity index (χ0) is 16.8. The van der Waals surface area contributed by atoms with Crippen molar-refractivity contribution in [2.75, 3.05) is 25.1 Å². The van der Waals surface area contributed by atoms with Crippen LogP contribution in [0.2, 0.25) is 10.2 Å². The number of hydrogen-bond acceptors (Lipinski definition) is 3. The van der Waals surface area contributed by atoms with Gasteiger partial charge in [0.25, 0.3) is 0 Å². The Kier molecular flexibility index (Phi) is 7.52. The zero-order valence-electron chi connectivity index (χ0n) is 13.0. The predicted octanol–water partition coefficient (Wildman–Crippen LogP) is 1.82. The molecule has 1 aromatic rings. The van der Waals surface area contributed by atoms with Crippen LogP contribution in [0.3, 0.4) is 0 Å². The van der Waals surface area contributed by atoms with E-state index in [2.05, 4.69) is 15.6 Å². The SMILES string of the molecule is CCNC(=NCc1cc(Cl)c(Cl)n1C)NCCCS(C)(=O)=O. The maximum absolute atomic E-state index is 11.1. The van der Waals surface area contributed by atoms with Crippen LogP contribution < -0.4 is 10.6 Å². The first-order valence-corrected chi connectivity index (χ1v) is 9.75. The van der Waals surface area contributed by atoms with Crippen molar-refractivity contribution in [2.24, 2.45) is 12.0 Å². The van der Waals surface area contributed by atoms with Gasteiger partial charge in [0.2, 0.25) is 0 Å². The third-order valence-corrected chi connectivity index (χ3v) is 4.82. The van der Waals surface area contributed by atoms with Crippen LogP contribution in [0.15, 0.2) is 11.1 Å². The second kappa shape index (κ2) is 8.64.